The van der Waals surface area contributed by atoms with Gasteiger partial charge in [0.1, 0.15) is 5.75 Å². The molecule has 26 heavy (non-hydrogen) atoms. The number of carboxylic acids is 1. The summed E-state index contributed by atoms with van der Waals surface area (Å²) in [6.45, 7) is 0. The molecule has 0 fully saturated rings. The third kappa shape index (κ3) is 4.00. The van der Waals surface area contributed by atoms with E-state index in [1.165, 1.54) is 19.2 Å². The topological polar surface area (TPSA) is 102 Å². The average Bonchev–Trinajstić information content (AvgIpc) is 2.67. The van der Waals surface area contributed by atoms with Gasteiger partial charge in [-0.1, -0.05) is 30.3 Å². The minimum absolute atomic E-state index is 0.250. The predicted molar refractivity (Wildman–Crippen MR) is 92.8 cm³/mol. The van der Waals surface area contributed by atoms with Gasteiger partial charge in [0.2, 0.25) is 0 Å². The van der Waals surface area contributed by atoms with Crippen molar-refractivity contribution in [2.24, 2.45) is 0 Å². The van der Waals surface area contributed by atoms with E-state index >= 15 is 0 Å². The molecule has 0 heterocycles. The van der Waals surface area contributed by atoms with Crippen LogP contribution in [0.5, 0.6) is 5.75 Å². The molecule has 0 bridgehead atoms. The molecular weight excluding hydrogens is 338 g/mol. The summed E-state index contributed by atoms with van der Waals surface area (Å²) >= 11 is 0. The molecule has 1 unspecified atom stereocenters. The Labute approximate surface area is 150 Å². The molecule has 0 aromatic heterocycles. The number of rotatable bonds is 7. The first kappa shape index (κ1) is 19.0. The van der Waals surface area contributed by atoms with Crippen LogP contribution in [0.1, 0.15) is 22.3 Å². The van der Waals surface area contributed by atoms with Crippen molar-refractivity contribution in [3.63, 3.8) is 0 Å². The third-order valence-corrected chi connectivity index (χ3v) is 3.90. The second kappa shape index (κ2) is 8.15. The van der Waals surface area contributed by atoms with E-state index < -0.39 is 29.8 Å². The quantitative estimate of drug-likeness (QED) is 0.735. The highest BCUT2D eigenvalue weighted by Gasteiger charge is 2.45. The van der Waals surface area contributed by atoms with Crippen molar-refractivity contribution in [3.05, 3.63) is 65.7 Å². The van der Waals surface area contributed by atoms with Crippen LogP contribution in [0.3, 0.4) is 0 Å². The fourth-order valence-corrected chi connectivity index (χ4v) is 2.59. The van der Waals surface area contributed by atoms with E-state index in [2.05, 4.69) is 5.32 Å². The van der Waals surface area contributed by atoms with E-state index in [0.717, 1.165) is 7.11 Å². The molecule has 2 aromatic carbocycles. The Balaban J connectivity index is 2.46. The van der Waals surface area contributed by atoms with Gasteiger partial charge in [-0.3, -0.25) is 9.59 Å². The van der Waals surface area contributed by atoms with Gasteiger partial charge < -0.3 is 19.9 Å². The molecule has 0 spiro atoms. The smallest absolute Gasteiger partial charge is 0.336 e. The van der Waals surface area contributed by atoms with Crippen molar-refractivity contribution in [1.29, 1.82) is 0 Å². The Morgan fingerprint density at radius 1 is 1.00 bits per heavy atom. The van der Waals surface area contributed by atoms with Gasteiger partial charge in [-0.2, -0.15) is 0 Å². The maximum atomic E-state index is 12.7. The van der Waals surface area contributed by atoms with Gasteiger partial charge in [0.25, 0.3) is 5.91 Å². The van der Waals surface area contributed by atoms with Crippen LogP contribution >= 0.6 is 0 Å². The van der Waals surface area contributed by atoms with E-state index in [9.17, 15) is 19.5 Å². The summed E-state index contributed by atoms with van der Waals surface area (Å²) in [5.41, 5.74) is -1.28. The highest BCUT2D eigenvalue weighted by molar-refractivity contribution is 5.99. The number of carboxylic acid groups (broad SMARTS) is 1. The zero-order valence-corrected chi connectivity index (χ0v) is 14.4. The van der Waals surface area contributed by atoms with Gasteiger partial charge in [-0.05, 0) is 29.8 Å². The van der Waals surface area contributed by atoms with Crippen molar-refractivity contribution in [3.8, 4) is 5.75 Å². The van der Waals surface area contributed by atoms with Crippen LogP contribution in [0, 0.1) is 0 Å². The number of hydrogen-bond donors (Lipinski definition) is 2. The fourth-order valence-electron chi connectivity index (χ4n) is 2.59. The highest BCUT2D eigenvalue weighted by atomic mass is 16.5. The van der Waals surface area contributed by atoms with Gasteiger partial charge in [0, 0.05) is 5.56 Å². The first-order chi connectivity index (χ1) is 12.4. The maximum Gasteiger partial charge on any atom is 0.336 e. The van der Waals surface area contributed by atoms with Crippen LogP contribution in [0.25, 0.3) is 0 Å². The number of aliphatic carboxylic acids is 1. The summed E-state index contributed by atoms with van der Waals surface area (Å²) in [4.78, 5) is 36.6. The van der Waals surface area contributed by atoms with Crippen LogP contribution < -0.4 is 10.1 Å². The zero-order valence-electron chi connectivity index (χ0n) is 14.4. The van der Waals surface area contributed by atoms with E-state index in [0.29, 0.717) is 11.3 Å². The number of methoxy groups -OCH3 is 2. The maximum absolute atomic E-state index is 12.7. The van der Waals surface area contributed by atoms with E-state index in [1.807, 2.05) is 0 Å². The summed E-state index contributed by atoms with van der Waals surface area (Å²) < 4.78 is 9.85. The van der Waals surface area contributed by atoms with Crippen LogP contribution in [0.15, 0.2) is 54.6 Å². The van der Waals surface area contributed by atoms with Crippen LogP contribution in [-0.4, -0.2) is 37.2 Å². The Morgan fingerprint density at radius 3 is 2.12 bits per heavy atom. The van der Waals surface area contributed by atoms with Gasteiger partial charge >= 0.3 is 11.9 Å². The summed E-state index contributed by atoms with van der Waals surface area (Å²) in [7, 11) is 2.64. The van der Waals surface area contributed by atoms with E-state index in [-0.39, 0.29) is 5.56 Å². The number of ether oxygens (including phenoxy) is 2. The lowest BCUT2D eigenvalue weighted by Crippen LogP contribution is -2.53. The molecule has 136 valence electrons. The Morgan fingerprint density at radius 2 is 1.62 bits per heavy atom. The Bertz CT molecular complexity index is 787. The molecule has 2 N–H and O–H groups in total. The van der Waals surface area contributed by atoms with Crippen molar-refractivity contribution in [1.82, 2.24) is 5.32 Å². The number of carbonyl (C=O) groups is 3. The minimum atomic E-state index is -1.85. The molecule has 0 saturated heterocycles. The van der Waals surface area contributed by atoms with E-state index in [1.54, 1.807) is 42.5 Å². The first-order valence-corrected chi connectivity index (χ1v) is 7.75. The monoisotopic (exact) mass is 357 g/mol. The fraction of sp³-hybridized carbons (Fsp3) is 0.211. The minimum Gasteiger partial charge on any atom is -0.497 e. The van der Waals surface area contributed by atoms with E-state index in [4.69, 9.17) is 9.47 Å². The van der Waals surface area contributed by atoms with Crippen LogP contribution in [0.4, 0.5) is 0 Å². The molecule has 7 nitrogen and oxygen atoms in total. The molecule has 0 aliphatic rings. The summed E-state index contributed by atoms with van der Waals surface area (Å²) in [5.74, 6) is -2.17. The number of carbonyl (C=O) groups excluding carboxylic acids is 2. The second-order valence-electron chi connectivity index (χ2n) is 5.52. The van der Waals surface area contributed by atoms with Gasteiger partial charge in [0.15, 0.2) is 5.54 Å². The zero-order chi connectivity index (χ0) is 19.2. The average molecular weight is 357 g/mol. The Kier molecular flexibility index (Phi) is 5.95. The molecule has 2 aromatic rings. The second-order valence-corrected chi connectivity index (χ2v) is 5.52. The predicted octanol–water partition coefficient (Wildman–Crippen LogP) is 1.97. The van der Waals surface area contributed by atoms with Crippen molar-refractivity contribution in [2.75, 3.05) is 14.2 Å². The molecule has 2 rings (SSSR count). The van der Waals surface area contributed by atoms with Gasteiger partial charge in [-0.25, -0.2) is 4.79 Å². The molecule has 0 radical (unpaired) electrons. The number of benzene rings is 2. The summed E-state index contributed by atoms with van der Waals surface area (Å²) in [5, 5.41) is 11.9. The lowest BCUT2D eigenvalue weighted by molar-refractivity contribution is -0.154. The molecule has 0 aliphatic carbocycles. The third-order valence-electron chi connectivity index (χ3n) is 3.90. The molecule has 1 atom stereocenters. The number of hydrogen-bond acceptors (Lipinski definition) is 5. The largest absolute Gasteiger partial charge is 0.497 e. The van der Waals surface area contributed by atoms with Crippen LogP contribution in [-0.2, 0) is 19.9 Å². The molecule has 1 amide bonds. The SMILES string of the molecule is COC(=O)C(CC(=O)O)(NC(=O)c1ccc(OC)cc1)c1ccccc1. The van der Waals surface area contributed by atoms with Crippen molar-refractivity contribution >= 4 is 17.8 Å². The van der Waals surface area contributed by atoms with Crippen molar-refractivity contribution in [2.45, 2.75) is 12.0 Å². The molecule has 0 aliphatic heterocycles. The standard InChI is InChI=1S/C19H19NO6/c1-25-15-10-8-13(9-11-15)17(23)20-19(12-16(21)22,18(24)26-2)14-6-4-3-5-7-14/h3-11H,12H2,1-2H3,(H,20,23)(H,21,22). The molecule has 7 heteroatoms. The van der Waals surface area contributed by atoms with Gasteiger partial charge in [-0.15, -0.1) is 0 Å². The number of esters is 1. The summed E-state index contributed by atoms with van der Waals surface area (Å²) in [6.07, 6.45) is -0.661. The summed E-state index contributed by atoms with van der Waals surface area (Å²) in [6, 6.07) is 14.4. The highest BCUT2D eigenvalue weighted by Crippen LogP contribution is 2.28. The van der Waals surface area contributed by atoms with Crippen molar-refractivity contribution < 1.29 is 29.0 Å². The lowest BCUT2D eigenvalue weighted by Gasteiger charge is -2.31. The van der Waals surface area contributed by atoms with Crippen LogP contribution in [0.2, 0.25) is 0 Å². The lowest BCUT2D eigenvalue weighted by atomic mass is 9.86. The molecular formula is C19H19NO6. The first-order valence-electron chi connectivity index (χ1n) is 7.75. The molecule has 0 saturated carbocycles. The normalized spacial score (nSPS) is 12.5. The van der Waals surface area contributed by atoms with Gasteiger partial charge in [0.05, 0.1) is 20.6 Å². The number of amides is 1. The Hall–Kier alpha value is -3.35. The number of nitrogens with one attached hydrogen (secondary N) is 1.